The number of aliphatic hydroxyl groups excluding tert-OH is 1. The number of aromatic nitrogens is 1. The standard InChI is InChI=1S/C12H15NOS/c1-7(2)12-13-11-9(8(3)14)5-4-6-10(11)15-12/h4-8,14H,1-3H3. The molecule has 2 nitrogen and oxygen atoms in total. The summed E-state index contributed by atoms with van der Waals surface area (Å²) >= 11 is 1.71. The Bertz CT molecular complexity index is 473. The first-order chi connectivity index (χ1) is 7.09. The van der Waals surface area contributed by atoms with Crippen LogP contribution in [0.2, 0.25) is 0 Å². The number of benzene rings is 1. The van der Waals surface area contributed by atoms with Crippen LogP contribution in [0.25, 0.3) is 10.2 Å². The summed E-state index contributed by atoms with van der Waals surface area (Å²) in [5.41, 5.74) is 1.89. The monoisotopic (exact) mass is 221 g/mol. The third-order valence-electron chi connectivity index (χ3n) is 2.41. The first-order valence-corrected chi connectivity index (χ1v) is 5.98. The van der Waals surface area contributed by atoms with Gasteiger partial charge in [0.05, 0.1) is 21.3 Å². The second kappa shape index (κ2) is 3.91. The van der Waals surface area contributed by atoms with Gasteiger partial charge in [0.15, 0.2) is 0 Å². The third kappa shape index (κ3) is 1.90. The van der Waals surface area contributed by atoms with E-state index >= 15 is 0 Å². The molecule has 1 atom stereocenters. The number of hydrogen-bond donors (Lipinski definition) is 1. The largest absolute Gasteiger partial charge is 0.389 e. The maximum atomic E-state index is 9.63. The minimum Gasteiger partial charge on any atom is -0.389 e. The number of aliphatic hydroxyl groups is 1. The first kappa shape index (κ1) is 10.6. The van der Waals surface area contributed by atoms with Gasteiger partial charge >= 0.3 is 0 Å². The van der Waals surface area contributed by atoms with E-state index in [0.29, 0.717) is 5.92 Å². The molecule has 1 N–H and O–H groups in total. The average Bonchev–Trinajstić information content (AvgIpc) is 2.60. The maximum absolute atomic E-state index is 9.63. The molecular weight excluding hydrogens is 206 g/mol. The van der Waals surface area contributed by atoms with Crippen LogP contribution in [0.4, 0.5) is 0 Å². The van der Waals surface area contributed by atoms with Crippen LogP contribution in [-0.4, -0.2) is 10.1 Å². The van der Waals surface area contributed by atoms with Crippen LogP contribution in [0.3, 0.4) is 0 Å². The van der Waals surface area contributed by atoms with Gasteiger partial charge in [-0.25, -0.2) is 4.98 Å². The SMILES string of the molecule is CC(C)c1nc2c(C(C)O)cccc2s1. The second-order valence-corrected chi connectivity index (χ2v) is 5.14. The van der Waals surface area contributed by atoms with Crippen molar-refractivity contribution in [2.75, 3.05) is 0 Å². The molecule has 0 aliphatic rings. The molecule has 0 bridgehead atoms. The van der Waals surface area contributed by atoms with Crippen LogP contribution in [-0.2, 0) is 0 Å². The quantitative estimate of drug-likeness (QED) is 0.842. The lowest BCUT2D eigenvalue weighted by molar-refractivity contribution is 0.200. The minimum absolute atomic E-state index is 0.448. The van der Waals surface area contributed by atoms with E-state index in [2.05, 4.69) is 24.9 Å². The number of nitrogens with zero attached hydrogens (tertiary/aromatic N) is 1. The van der Waals surface area contributed by atoms with Crippen molar-refractivity contribution in [3.63, 3.8) is 0 Å². The topological polar surface area (TPSA) is 33.1 Å². The summed E-state index contributed by atoms with van der Waals surface area (Å²) < 4.78 is 1.16. The predicted molar refractivity (Wildman–Crippen MR) is 64.3 cm³/mol. The smallest absolute Gasteiger partial charge is 0.0964 e. The van der Waals surface area contributed by atoms with Crippen molar-refractivity contribution < 1.29 is 5.11 Å². The Balaban J connectivity index is 2.64. The van der Waals surface area contributed by atoms with Crippen LogP contribution in [0.1, 0.15) is 43.4 Å². The summed E-state index contributed by atoms with van der Waals surface area (Å²) in [7, 11) is 0. The number of hydrogen-bond acceptors (Lipinski definition) is 3. The fourth-order valence-corrected chi connectivity index (χ4v) is 2.58. The number of para-hydroxylation sites is 1. The highest BCUT2D eigenvalue weighted by atomic mass is 32.1. The highest BCUT2D eigenvalue weighted by Gasteiger charge is 2.12. The van der Waals surface area contributed by atoms with Crippen molar-refractivity contribution in [2.45, 2.75) is 32.8 Å². The fourth-order valence-electron chi connectivity index (χ4n) is 1.57. The molecule has 0 fully saturated rings. The summed E-state index contributed by atoms with van der Waals surface area (Å²) in [6, 6.07) is 5.98. The molecule has 0 aliphatic heterocycles. The fraction of sp³-hybridized carbons (Fsp3) is 0.417. The lowest BCUT2D eigenvalue weighted by atomic mass is 10.1. The van der Waals surface area contributed by atoms with E-state index in [-0.39, 0.29) is 0 Å². The summed E-state index contributed by atoms with van der Waals surface area (Å²) in [6.45, 7) is 6.06. The summed E-state index contributed by atoms with van der Waals surface area (Å²) in [5, 5.41) is 10.8. The van der Waals surface area contributed by atoms with Crippen molar-refractivity contribution in [1.29, 1.82) is 0 Å². The Morgan fingerprint density at radius 2 is 2.00 bits per heavy atom. The predicted octanol–water partition coefficient (Wildman–Crippen LogP) is 3.47. The molecule has 2 rings (SSSR count). The van der Waals surface area contributed by atoms with Crippen LogP contribution in [0.5, 0.6) is 0 Å². The molecule has 80 valence electrons. The zero-order valence-corrected chi connectivity index (χ0v) is 10.0. The summed E-state index contributed by atoms with van der Waals surface area (Å²) in [4.78, 5) is 4.59. The van der Waals surface area contributed by atoms with Crippen LogP contribution in [0.15, 0.2) is 18.2 Å². The van der Waals surface area contributed by atoms with Crippen molar-refractivity contribution >= 4 is 21.6 Å². The Morgan fingerprint density at radius 3 is 2.60 bits per heavy atom. The second-order valence-electron chi connectivity index (χ2n) is 4.08. The number of thiazole rings is 1. The van der Waals surface area contributed by atoms with Crippen LogP contribution in [0, 0.1) is 0 Å². The van der Waals surface area contributed by atoms with Crippen LogP contribution < -0.4 is 0 Å². The maximum Gasteiger partial charge on any atom is 0.0964 e. The van der Waals surface area contributed by atoms with Gasteiger partial charge in [-0.3, -0.25) is 0 Å². The third-order valence-corrected chi connectivity index (χ3v) is 3.73. The van der Waals surface area contributed by atoms with E-state index in [0.717, 1.165) is 20.8 Å². The van der Waals surface area contributed by atoms with Gasteiger partial charge < -0.3 is 5.11 Å². The van der Waals surface area contributed by atoms with Crippen molar-refractivity contribution in [1.82, 2.24) is 4.98 Å². The molecule has 15 heavy (non-hydrogen) atoms. The Labute approximate surface area is 93.6 Å². The van der Waals surface area contributed by atoms with Gasteiger partial charge in [0.25, 0.3) is 0 Å². The van der Waals surface area contributed by atoms with Gasteiger partial charge in [-0.2, -0.15) is 0 Å². The normalized spacial score (nSPS) is 13.7. The van der Waals surface area contributed by atoms with Gasteiger partial charge in [0.2, 0.25) is 0 Å². The van der Waals surface area contributed by atoms with E-state index in [9.17, 15) is 5.11 Å². The zero-order valence-electron chi connectivity index (χ0n) is 9.19. The first-order valence-electron chi connectivity index (χ1n) is 5.17. The molecule has 0 aliphatic carbocycles. The average molecular weight is 221 g/mol. The van der Waals surface area contributed by atoms with Gasteiger partial charge in [-0.1, -0.05) is 26.0 Å². The zero-order chi connectivity index (χ0) is 11.0. The molecule has 0 spiro atoms. The van der Waals surface area contributed by atoms with Gasteiger partial charge in [0.1, 0.15) is 0 Å². The number of fused-ring (bicyclic) bond motifs is 1. The van der Waals surface area contributed by atoms with E-state index in [1.165, 1.54) is 0 Å². The molecule has 1 aromatic heterocycles. The molecule has 1 heterocycles. The molecular formula is C12H15NOS. The molecule has 0 amide bonds. The highest BCUT2D eigenvalue weighted by molar-refractivity contribution is 7.18. The van der Waals surface area contributed by atoms with E-state index in [1.807, 2.05) is 12.1 Å². The molecule has 0 radical (unpaired) electrons. The molecule has 0 saturated carbocycles. The van der Waals surface area contributed by atoms with Gasteiger partial charge in [0, 0.05) is 11.5 Å². The highest BCUT2D eigenvalue weighted by Crippen LogP contribution is 2.31. The Hall–Kier alpha value is -0.930. The molecule has 1 unspecified atom stereocenters. The van der Waals surface area contributed by atoms with E-state index < -0.39 is 6.10 Å². The lowest BCUT2D eigenvalue weighted by Crippen LogP contribution is -1.92. The molecule has 2 aromatic rings. The van der Waals surface area contributed by atoms with Gasteiger partial charge in [-0.15, -0.1) is 11.3 Å². The van der Waals surface area contributed by atoms with Crippen LogP contribution >= 0.6 is 11.3 Å². The number of rotatable bonds is 2. The molecule has 0 saturated heterocycles. The molecule has 3 heteroatoms. The lowest BCUT2D eigenvalue weighted by Gasteiger charge is -2.04. The molecule has 1 aromatic carbocycles. The van der Waals surface area contributed by atoms with Gasteiger partial charge in [-0.05, 0) is 13.0 Å². The van der Waals surface area contributed by atoms with Crippen molar-refractivity contribution in [3.05, 3.63) is 28.8 Å². The summed E-state index contributed by atoms with van der Waals surface area (Å²) in [5.74, 6) is 0.448. The Kier molecular flexibility index (Phi) is 2.76. The van der Waals surface area contributed by atoms with Crippen molar-refractivity contribution in [3.8, 4) is 0 Å². The Morgan fingerprint density at radius 1 is 1.27 bits per heavy atom. The van der Waals surface area contributed by atoms with Crippen molar-refractivity contribution in [2.24, 2.45) is 0 Å². The summed E-state index contributed by atoms with van der Waals surface area (Å²) in [6.07, 6.45) is -0.448. The van der Waals surface area contributed by atoms with E-state index in [4.69, 9.17) is 0 Å². The van der Waals surface area contributed by atoms with E-state index in [1.54, 1.807) is 18.3 Å². The minimum atomic E-state index is -0.448.